The van der Waals surface area contributed by atoms with Crippen molar-refractivity contribution in [2.75, 3.05) is 6.54 Å². The van der Waals surface area contributed by atoms with Crippen LogP contribution in [-0.2, 0) is 16.6 Å². The highest BCUT2D eigenvalue weighted by Gasteiger charge is 2.28. The third kappa shape index (κ3) is 2.88. The van der Waals surface area contributed by atoms with Crippen LogP contribution in [0.2, 0.25) is 0 Å². The maximum absolute atomic E-state index is 12.0. The Morgan fingerprint density at radius 1 is 1.50 bits per heavy atom. The summed E-state index contributed by atoms with van der Waals surface area (Å²) in [6.45, 7) is -0.657. The molecule has 1 aromatic heterocycles. The molecule has 5 nitrogen and oxygen atoms in total. The average molecular weight is 279 g/mol. The molecule has 8 heteroatoms. The molecule has 0 aromatic carbocycles. The normalized spacial score (nSPS) is 16.4. The number of sulfonamides is 1. The number of alkyl halides is 2. The van der Waals surface area contributed by atoms with Gasteiger partial charge in [-0.25, -0.2) is 21.9 Å². The van der Waals surface area contributed by atoms with E-state index in [1.54, 1.807) is 0 Å². The minimum atomic E-state index is -3.88. The van der Waals surface area contributed by atoms with Crippen molar-refractivity contribution in [2.45, 2.75) is 36.7 Å². The van der Waals surface area contributed by atoms with Crippen LogP contribution in [0, 0.1) is 0 Å². The van der Waals surface area contributed by atoms with E-state index < -0.39 is 23.0 Å². The van der Waals surface area contributed by atoms with Crippen molar-refractivity contribution in [1.29, 1.82) is 0 Å². The Hall–Kier alpha value is -0.990. The minimum Gasteiger partial charge on any atom is -0.346 e. The van der Waals surface area contributed by atoms with Gasteiger partial charge in [-0.15, -0.1) is 0 Å². The smallest absolute Gasteiger partial charge is 0.251 e. The van der Waals surface area contributed by atoms with E-state index >= 15 is 0 Å². The molecule has 1 fully saturated rings. The van der Waals surface area contributed by atoms with Gasteiger partial charge in [0, 0.05) is 24.5 Å². The van der Waals surface area contributed by atoms with Crippen LogP contribution in [0.3, 0.4) is 0 Å². The highest BCUT2D eigenvalue weighted by molar-refractivity contribution is 7.89. The Bertz CT molecular complexity index is 523. The van der Waals surface area contributed by atoms with Gasteiger partial charge in [0.2, 0.25) is 10.0 Å². The summed E-state index contributed by atoms with van der Waals surface area (Å²) >= 11 is 0. The molecule has 1 aromatic rings. The van der Waals surface area contributed by atoms with Gasteiger partial charge in [0.15, 0.2) is 0 Å². The molecule has 0 bridgehead atoms. The SMILES string of the molecule is NCc1cc(S(=O)(=O)NCC(F)F)cn1C1CC1. The topological polar surface area (TPSA) is 77.1 Å². The van der Waals surface area contributed by atoms with Crippen molar-refractivity contribution in [2.24, 2.45) is 5.73 Å². The molecule has 1 aliphatic rings. The van der Waals surface area contributed by atoms with Gasteiger partial charge in [0.25, 0.3) is 6.43 Å². The quantitative estimate of drug-likeness (QED) is 0.809. The van der Waals surface area contributed by atoms with Crippen molar-refractivity contribution in [3.8, 4) is 0 Å². The second-order valence-electron chi connectivity index (χ2n) is 4.25. The molecule has 0 unspecified atom stereocenters. The van der Waals surface area contributed by atoms with E-state index in [0.717, 1.165) is 12.8 Å². The number of hydrogen-bond donors (Lipinski definition) is 2. The van der Waals surface area contributed by atoms with Gasteiger partial charge in [-0.3, -0.25) is 0 Å². The molecule has 1 saturated carbocycles. The lowest BCUT2D eigenvalue weighted by Gasteiger charge is -2.04. The number of aromatic nitrogens is 1. The highest BCUT2D eigenvalue weighted by atomic mass is 32.2. The fourth-order valence-corrected chi connectivity index (χ4v) is 2.81. The van der Waals surface area contributed by atoms with Gasteiger partial charge in [0.1, 0.15) is 0 Å². The van der Waals surface area contributed by atoms with Crippen molar-refractivity contribution in [3.05, 3.63) is 18.0 Å². The molecule has 18 heavy (non-hydrogen) atoms. The number of halogens is 2. The highest BCUT2D eigenvalue weighted by Crippen LogP contribution is 2.37. The van der Waals surface area contributed by atoms with Gasteiger partial charge in [0.05, 0.1) is 11.4 Å². The van der Waals surface area contributed by atoms with Crippen molar-refractivity contribution in [1.82, 2.24) is 9.29 Å². The molecule has 0 spiro atoms. The molecular formula is C10H15F2N3O2S. The summed E-state index contributed by atoms with van der Waals surface area (Å²) in [4.78, 5) is -0.00417. The van der Waals surface area contributed by atoms with Crippen LogP contribution in [0.1, 0.15) is 24.6 Å². The lowest BCUT2D eigenvalue weighted by molar-refractivity contribution is 0.153. The summed E-state index contributed by atoms with van der Waals surface area (Å²) < 4.78 is 51.2. The zero-order chi connectivity index (χ0) is 13.3. The fourth-order valence-electron chi connectivity index (χ4n) is 1.76. The Labute approximate surface area is 104 Å². The van der Waals surface area contributed by atoms with Gasteiger partial charge < -0.3 is 10.3 Å². The molecule has 0 saturated heterocycles. The summed E-state index contributed by atoms with van der Waals surface area (Å²) in [7, 11) is -3.88. The van der Waals surface area contributed by atoms with Crippen LogP contribution >= 0.6 is 0 Å². The minimum absolute atomic E-state index is 0.00417. The monoisotopic (exact) mass is 279 g/mol. The summed E-state index contributed by atoms with van der Waals surface area (Å²) in [5, 5.41) is 0. The van der Waals surface area contributed by atoms with Crippen LogP contribution in [0.4, 0.5) is 8.78 Å². The average Bonchev–Trinajstić information content (AvgIpc) is 3.05. The van der Waals surface area contributed by atoms with Crippen LogP contribution in [0.25, 0.3) is 0 Å². The van der Waals surface area contributed by atoms with Crippen LogP contribution in [-0.4, -0.2) is 26.0 Å². The lowest BCUT2D eigenvalue weighted by atomic mass is 10.4. The van der Waals surface area contributed by atoms with E-state index in [2.05, 4.69) is 0 Å². The van der Waals surface area contributed by atoms with Gasteiger partial charge in [-0.05, 0) is 18.9 Å². The first-order chi connectivity index (χ1) is 8.44. The predicted octanol–water partition coefficient (Wildman–Crippen LogP) is 0.825. The number of nitrogens with two attached hydrogens (primary N) is 1. The molecule has 102 valence electrons. The van der Waals surface area contributed by atoms with Crippen molar-refractivity contribution in [3.63, 3.8) is 0 Å². The molecule has 0 atom stereocenters. The van der Waals surface area contributed by atoms with Crippen molar-refractivity contribution >= 4 is 10.0 Å². The third-order valence-corrected chi connectivity index (χ3v) is 4.18. The second kappa shape index (κ2) is 4.94. The largest absolute Gasteiger partial charge is 0.346 e. The second-order valence-corrected chi connectivity index (χ2v) is 6.02. The molecule has 0 radical (unpaired) electrons. The first kappa shape index (κ1) is 13.4. The first-order valence-electron chi connectivity index (χ1n) is 5.62. The van der Waals surface area contributed by atoms with E-state index in [-0.39, 0.29) is 11.4 Å². The zero-order valence-electron chi connectivity index (χ0n) is 9.64. The van der Waals surface area contributed by atoms with Crippen LogP contribution < -0.4 is 10.5 Å². The van der Waals surface area contributed by atoms with E-state index in [1.807, 2.05) is 9.29 Å². The number of nitrogens with zero attached hydrogens (tertiary/aromatic N) is 1. The Kier molecular flexibility index (Phi) is 3.69. The van der Waals surface area contributed by atoms with E-state index in [1.165, 1.54) is 12.3 Å². The Morgan fingerprint density at radius 3 is 2.67 bits per heavy atom. The van der Waals surface area contributed by atoms with Crippen LogP contribution in [0.15, 0.2) is 17.2 Å². The number of nitrogens with one attached hydrogen (secondary N) is 1. The van der Waals surface area contributed by atoms with Crippen LogP contribution in [0.5, 0.6) is 0 Å². The van der Waals surface area contributed by atoms with Crippen molar-refractivity contribution < 1.29 is 17.2 Å². The molecule has 1 aliphatic carbocycles. The molecule has 0 amide bonds. The summed E-state index contributed by atoms with van der Waals surface area (Å²) in [5.41, 5.74) is 6.24. The van der Waals surface area contributed by atoms with Gasteiger partial charge >= 0.3 is 0 Å². The third-order valence-electron chi connectivity index (χ3n) is 2.79. The first-order valence-corrected chi connectivity index (χ1v) is 7.11. The zero-order valence-corrected chi connectivity index (χ0v) is 10.5. The predicted molar refractivity (Wildman–Crippen MR) is 61.8 cm³/mol. The standard InChI is InChI=1S/C10H15F2N3O2S/c11-10(12)5-14-18(16,17)9-3-8(4-13)15(6-9)7-1-2-7/h3,6-7,10,14H,1-2,4-5,13H2. The fraction of sp³-hybridized carbons (Fsp3) is 0.600. The van der Waals surface area contributed by atoms with E-state index in [0.29, 0.717) is 11.7 Å². The Morgan fingerprint density at radius 2 is 2.17 bits per heavy atom. The number of rotatable bonds is 6. The maximum atomic E-state index is 12.0. The Balaban J connectivity index is 2.22. The molecule has 1 heterocycles. The molecular weight excluding hydrogens is 264 g/mol. The molecule has 2 rings (SSSR count). The van der Waals surface area contributed by atoms with Gasteiger partial charge in [-0.2, -0.15) is 0 Å². The van der Waals surface area contributed by atoms with Gasteiger partial charge in [-0.1, -0.05) is 0 Å². The summed E-state index contributed by atoms with van der Waals surface area (Å²) in [6.07, 6.45) is 0.740. The molecule has 0 aliphatic heterocycles. The summed E-state index contributed by atoms with van der Waals surface area (Å²) in [5.74, 6) is 0. The lowest BCUT2D eigenvalue weighted by Crippen LogP contribution is -2.28. The number of hydrogen-bond acceptors (Lipinski definition) is 3. The van der Waals surface area contributed by atoms with E-state index in [4.69, 9.17) is 5.73 Å². The maximum Gasteiger partial charge on any atom is 0.251 e. The molecule has 3 N–H and O–H groups in total. The van der Waals surface area contributed by atoms with E-state index in [9.17, 15) is 17.2 Å². The summed E-state index contributed by atoms with van der Waals surface area (Å²) in [6, 6.07) is 1.73.